The van der Waals surface area contributed by atoms with E-state index in [1.807, 2.05) is 0 Å². The number of nitrogens with one attached hydrogen (secondary N) is 1. The van der Waals surface area contributed by atoms with Gasteiger partial charge in [0.05, 0.1) is 18.8 Å². The van der Waals surface area contributed by atoms with Gasteiger partial charge in [0.25, 0.3) is 0 Å². The Morgan fingerprint density at radius 2 is 1.80 bits per heavy atom. The number of aromatic nitrogens is 3. The molecule has 1 aliphatic rings. The molecule has 10 heteroatoms. The van der Waals surface area contributed by atoms with Crippen LogP contribution in [0, 0.1) is 11.6 Å². The summed E-state index contributed by atoms with van der Waals surface area (Å²) in [5, 5.41) is 10.2. The summed E-state index contributed by atoms with van der Waals surface area (Å²) in [6.45, 7) is 2.96. The summed E-state index contributed by atoms with van der Waals surface area (Å²) in [4.78, 5) is 27.3. The maximum Gasteiger partial charge on any atom is 0.245 e. The third-order valence-corrected chi connectivity index (χ3v) is 6.07. The quantitative estimate of drug-likeness (QED) is 0.555. The van der Waals surface area contributed by atoms with Crippen LogP contribution in [-0.4, -0.2) is 50.5 Å². The number of alkyl halides is 1. The van der Waals surface area contributed by atoms with Gasteiger partial charge in [-0.1, -0.05) is 49.4 Å². The van der Waals surface area contributed by atoms with Crippen LogP contribution in [0.2, 0.25) is 0 Å². The number of hydrogen-bond acceptors (Lipinski definition) is 4. The van der Waals surface area contributed by atoms with E-state index >= 15 is 0 Å². The van der Waals surface area contributed by atoms with Crippen molar-refractivity contribution in [1.29, 1.82) is 0 Å². The minimum Gasteiger partial charge on any atom is -0.343 e. The van der Waals surface area contributed by atoms with Crippen LogP contribution in [0.5, 0.6) is 0 Å². The standard InChI is InChI=1S/C25H26F3N5O2/c1-15(2)23-19(27)10-17(11-20(23)28)24(16-6-4-3-5-7-16)30-25(35)21-12-18(26)13-33(21)22(34)14-32-9-8-29-31-32/h3-11,15,18,21,24H,12-14H2,1-2H3,(H,30,35)/t18-,21+,24+/m1/s1. The minimum atomic E-state index is -1.37. The molecule has 3 aromatic rings. The molecule has 0 bridgehead atoms. The average molecular weight is 486 g/mol. The van der Waals surface area contributed by atoms with Gasteiger partial charge in [-0.15, -0.1) is 5.10 Å². The Balaban J connectivity index is 1.62. The van der Waals surface area contributed by atoms with Crippen molar-refractivity contribution in [3.63, 3.8) is 0 Å². The maximum atomic E-state index is 14.8. The number of benzene rings is 2. The lowest BCUT2D eigenvalue weighted by Crippen LogP contribution is -2.48. The van der Waals surface area contributed by atoms with Gasteiger partial charge in [0.15, 0.2) is 0 Å². The average Bonchev–Trinajstić information content (AvgIpc) is 3.46. The number of amides is 2. The first-order valence-corrected chi connectivity index (χ1v) is 11.4. The smallest absolute Gasteiger partial charge is 0.245 e. The Bertz CT molecular complexity index is 1160. The Kier molecular flexibility index (Phi) is 7.18. The zero-order valence-corrected chi connectivity index (χ0v) is 19.4. The van der Waals surface area contributed by atoms with Crippen LogP contribution in [0.15, 0.2) is 54.9 Å². The molecule has 184 valence electrons. The second kappa shape index (κ2) is 10.3. The molecule has 2 amide bonds. The van der Waals surface area contributed by atoms with E-state index in [1.54, 1.807) is 44.2 Å². The number of carbonyl (C=O) groups excluding carboxylic acids is 2. The fraction of sp³-hybridized carbons (Fsp3) is 0.360. The largest absolute Gasteiger partial charge is 0.343 e. The van der Waals surface area contributed by atoms with Gasteiger partial charge in [-0.2, -0.15) is 0 Å². The Hall–Kier alpha value is -3.69. The first-order chi connectivity index (χ1) is 16.7. The molecular formula is C25H26F3N5O2. The summed E-state index contributed by atoms with van der Waals surface area (Å²) < 4.78 is 45.2. The molecule has 1 aliphatic heterocycles. The monoisotopic (exact) mass is 485 g/mol. The first kappa shape index (κ1) is 24.4. The second-order valence-electron chi connectivity index (χ2n) is 8.90. The first-order valence-electron chi connectivity index (χ1n) is 11.4. The lowest BCUT2D eigenvalue weighted by atomic mass is 9.93. The number of hydrogen-bond donors (Lipinski definition) is 1. The summed E-state index contributed by atoms with van der Waals surface area (Å²) in [5.74, 6) is -2.87. The van der Waals surface area contributed by atoms with E-state index in [-0.39, 0.29) is 36.6 Å². The van der Waals surface area contributed by atoms with E-state index in [0.29, 0.717) is 5.56 Å². The van der Waals surface area contributed by atoms with Gasteiger partial charge in [0.2, 0.25) is 11.8 Å². The summed E-state index contributed by atoms with van der Waals surface area (Å²) in [5.41, 5.74) is 0.763. The van der Waals surface area contributed by atoms with Crippen molar-refractivity contribution in [2.24, 2.45) is 0 Å². The van der Waals surface area contributed by atoms with Crippen molar-refractivity contribution in [1.82, 2.24) is 25.2 Å². The molecule has 7 nitrogen and oxygen atoms in total. The molecule has 0 saturated carbocycles. The SMILES string of the molecule is CC(C)c1c(F)cc([C@@H](NC(=O)[C@@H]2C[C@@H](F)CN2C(=O)Cn2ccnn2)c2ccccc2)cc1F. The number of carbonyl (C=O) groups is 2. The predicted octanol–water partition coefficient (Wildman–Crippen LogP) is 3.52. The van der Waals surface area contributed by atoms with Gasteiger partial charge in [0, 0.05) is 18.2 Å². The van der Waals surface area contributed by atoms with Crippen molar-refractivity contribution in [3.05, 3.63) is 83.2 Å². The summed E-state index contributed by atoms with van der Waals surface area (Å²) in [6, 6.07) is 9.13. The Labute approximate surface area is 200 Å². The van der Waals surface area contributed by atoms with Gasteiger partial charge in [-0.05, 0) is 29.2 Å². The zero-order chi connectivity index (χ0) is 25.1. The molecule has 1 saturated heterocycles. The molecule has 0 spiro atoms. The molecule has 1 N–H and O–H groups in total. The van der Waals surface area contributed by atoms with Crippen molar-refractivity contribution < 1.29 is 22.8 Å². The molecule has 2 aromatic carbocycles. The highest BCUT2D eigenvalue weighted by Gasteiger charge is 2.40. The van der Waals surface area contributed by atoms with Gasteiger partial charge in [-0.25, -0.2) is 17.9 Å². The summed E-state index contributed by atoms with van der Waals surface area (Å²) >= 11 is 0. The molecule has 0 aliphatic carbocycles. The lowest BCUT2D eigenvalue weighted by molar-refractivity contribution is -0.139. The van der Waals surface area contributed by atoms with Crippen molar-refractivity contribution in [2.75, 3.05) is 6.54 Å². The van der Waals surface area contributed by atoms with Crippen LogP contribution >= 0.6 is 0 Å². The lowest BCUT2D eigenvalue weighted by Gasteiger charge is -2.27. The topological polar surface area (TPSA) is 80.1 Å². The van der Waals surface area contributed by atoms with Crippen LogP contribution in [0.3, 0.4) is 0 Å². The molecular weight excluding hydrogens is 459 g/mol. The highest BCUT2D eigenvalue weighted by Crippen LogP contribution is 2.30. The fourth-order valence-corrected chi connectivity index (χ4v) is 4.42. The normalized spacial score (nSPS) is 18.6. The van der Waals surface area contributed by atoms with Gasteiger partial charge in [-0.3, -0.25) is 9.59 Å². The molecule has 2 heterocycles. The second-order valence-corrected chi connectivity index (χ2v) is 8.90. The van der Waals surface area contributed by atoms with E-state index in [2.05, 4.69) is 15.6 Å². The zero-order valence-electron chi connectivity index (χ0n) is 19.4. The third kappa shape index (κ3) is 5.36. The third-order valence-electron chi connectivity index (χ3n) is 6.07. The van der Waals surface area contributed by atoms with Gasteiger partial charge >= 0.3 is 0 Å². The van der Waals surface area contributed by atoms with E-state index < -0.39 is 41.7 Å². The number of likely N-dealkylation sites (tertiary alicyclic amines) is 1. The predicted molar refractivity (Wildman–Crippen MR) is 122 cm³/mol. The van der Waals surface area contributed by atoms with E-state index in [9.17, 15) is 22.8 Å². The van der Waals surface area contributed by atoms with E-state index in [4.69, 9.17) is 0 Å². The molecule has 1 aromatic heterocycles. The number of rotatable bonds is 7. The summed E-state index contributed by atoms with van der Waals surface area (Å²) in [7, 11) is 0. The highest BCUT2D eigenvalue weighted by atomic mass is 19.1. The van der Waals surface area contributed by atoms with Crippen LogP contribution in [0.25, 0.3) is 0 Å². The number of nitrogens with zero attached hydrogens (tertiary/aromatic N) is 4. The van der Waals surface area contributed by atoms with Crippen LogP contribution < -0.4 is 5.32 Å². The van der Waals surface area contributed by atoms with Crippen molar-refractivity contribution in [2.45, 2.75) is 51.0 Å². The number of halogens is 3. The van der Waals surface area contributed by atoms with Crippen molar-refractivity contribution in [3.8, 4) is 0 Å². The van der Waals surface area contributed by atoms with E-state index in [1.165, 1.54) is 34.1 Å². The molecule has 35 heavy (non-hydrogen) atoms. The molecule has 1 fully saturated rings. The molecule has 4 rings (SSSR count). The minimum absolute atomic E-state index is 0.0344. The van der Waals surface area contributed by atoms with Gasteiger partial charge < -0.3 is 10.2 Å². The van der Waals surface area contributed by atoms with Crippen LogP contribution in [-0.2, 0) is 16.1 Å². The summed E-state index contributed by atoms with van der Waals surface area (Å²) in [6.07, 6.45) is 1.35. The van der Waals surface area contributed by atoms with E-state index in [0.717, 1.165) is 0 Å². The van der Waals surface area contributed by atoms with Crippen LogP contribution in [0.1, 0.15) is 48.9 Å². The Morgan fingerprint density at radius 1 is 1.11 bits per heavy atom. The van der Waals surface area contributed by atoms with Gasteiger partial charge in [0.1, 0.15) is 30.4 Å². The van der Waals surface area contributed by atoms with Crippen LogP contribution in [0.4, 0.5) is 13.2 Å². The Morgan fingerprint density at radius 3 is 2.40 bits per heavy atom. The molecule has 3 atom stereocenters. The molecule has 0 radical (unpaired) electrons. The highest BCUT2D eigenvalue weighted by molar-refractivity contribution is 5.88. The maximum absolute atomic E-state index is 14.8. The van der Waals surface area contributed by atoms with Crippen molar-refractivity contribution >= 4 is 11.8 Å². The molecule has 0 unspecified atom stereocenters. The fourth-order valence-electron chi connectivity index (χ4n) is 4.42.